The number of hydrogen-bond acceptors (Lipinski definition) is 4. The second kappa shape index (κ2) is 7.85. The van der Waals surface area contributed by atoms with Crippen molar-refractivity contribution in [3.8, 4) is 0 Å². The minimum Gasteiger partial charge on any atom is -0.387 e. The number of aliphatic hydroxyl groups is 1. The number of ether oxygens (including phenoxy) is 2. The number of hydrogen-bond donors (Lipinski definition) is 1. The van der Waals surface area contributed by atoms with Crippen molar-refractivity contribution in [1.82, 2.24) is 4.90 Å². The third-order valence-electron chi connectivity index (χ3n) is 5.54. The molecule has 2 aliphatic rings. The molecule has 5 heteroatoms. The molecular weight excluding hydrogens is 318 g/mol. The van der Waals surface area contributed by atoms with E-state index in [2.05, 4.69) is 12.1 Å². The lowest BCUT2D eigenvalue weighted by Gasteiger charge is -2.49. The zero-order valence-electron chi connectivity index (χ0n) is 15.1. The van der Waals surface area contributed by atoms with Crippen molar-refractivity contribution in [1.29, 1.82) is 0 Å². The summed E-state index contributed by atoms with van der Waals surface area (Å²) >= 11 is 0. The van der Waals surface area contributed by atoms with E-state index in [4.69, 9.17) is 9.47 Å². The maximum Gasteiger partial charge on any atom is 0.222 e. The molecule has 1 spiro atoms. The number of carbonyl (C=O) groups is 1. The summed E-state index contributed by atoms with van der Waals surface area (Å²) in [4.78, 5) is 14.4. The maximum absolute atomic E-state index is 12.5. The quantitative estimate of drug-likeness (QED) is 0.887. The zero-order chi connectivity index (χ0) is 17.8. The average Bonchev–Trinajstić information content (AvgIpc) is 2.61. The molecule has 1 unspecified atom stereocenters. The van der Waals surface area contributed by atoms with Crippen molar-refractivity contribution in [2.45, 2.75) is 49.7 Å². The predicted octanol–water partition coefficient (Wildman–Crippen LogP) is 2.17. The van der Waals surface area contributed by atoms with Crippen molar-refractivity contribution >= 4 is 5.91 Å². The van der Waals surface area contributed by atoms with Crippen LogP contribution in [-0.4, -0.2) is 60.5 Å². The molecule has 2 saturated heterocycles. The standard InChI is InChI=1S/C20H29NO4/c1-24-16-19(23)11-14-25-20(15-19)9-12-21(13-10-20)18(22)8-7-17-5-3-2-4-6-17/h2-6,23H,7-16H2,1H3. The SMILES string of the molecule is COCC1(O)CCOC2(CCN(C(=O)CCc3ccccc3)CC2)C1. The van der Waals surface area contributed by atoms with Crippen molar-refractivity contribution in [3.05, 3.63) is 35.9 Å². The molecule has 2 aliphatic heterocycles. The number of methoxy groups -OCH3 is 1. The van der Waals surface area contributed by atoms with Crippen molar-refractivity contribution in [2.75, 3.05) is 33.4 Å². The zero-order valence-corrected chi connectivity index (χ0v) is 15.1. The van der Waals surface area contributed by atoms with Gasteiger partial charge in [0.15, 0.2) is 0 Å². The molecular formula is C20H29NO4. The summed E-state index contributed by atoms with van der Waals surface area (Å²) in [5.74, 6) is 0.210. The lowest BCUT2D eigenvalue weighted by Crippen LogP contribution is -2.56. The molecule has 0 bridgehead atoms. The van der Waals surface area contributed by atoms with Crippen LogP contribution in [0.15, 0.2) is 30.3 Å². The second-order valence-electron chi connectivity index (χ2n) is 7.48. The molecule has 0 aromatic heterocycles. The van der Waals surface area contributed by atoms with Gasteiger partial charge in [0.05, 0.1) is 24.4 Å². The van der Waals surface area contributed by atoms with Gasteiger partial charge in [-0.05, 0) is 24.8 Å². The third-order valence-corrected chi connectivity index (χ3v) is 5.54. The molecule has 5 nitrogen and oxygen atoms in total. The summed E-state index contributed by atoms with van der Waals surface area (Å²) < 4.78 is 11.2. The van der Waals surface area contributed by atoms with E-state index in [9.17, 15) is 9.90 Å². The molecule has 1 amide bonds. The van der Waals surface area contributed by atoms with Gasteiger partial charge in [-0.2, -0.15) is 0 Å². The Morgan fingerprint density at radius 3 is 2.64 bits per heavy atom. The summed E-state index contributed by atoms with van der Waals surface area (Å²) in [6, 6.07) is 10.1. The van der Waals surface area contributed by atoms with E-state index in [0.717, 1.165) is 19.3 Å². The monoisotopic (exact) mass is 347 g/mol. The van der Waals surface area contributed by atoms with Crippen LogP contribution in [-0.2, 0) is 20.7 Å². The predicted molar refractivity (Wildman–Crippen MR) is 95.3 cm³/mol. The topological polar surface area (TPSA) is 59.0 Å². The maximum atomic E-state index is 12.5. The molecule has 1 atom stereocenters. The Labute approximate surface area is 149 Å². The Morgan fingerprint density at radius 2 is 1.96 bits per heavy atom. The van der Waals surface area contributed by atoms with Gasteiger partial charge in [-0.1, -0.05) is 30.3 Å². The number of carbonyl (C=O) groups excluding carboxylic acids is 1. The van der Waals surface area contributed by atoms with E-state index in [1.807, 2.05) is 23.1 Å². The van der Waals surface area contributed by atoms with E-state index in [-0.39, 0.29) is 11.5 Å². The number of piperidine rings is 1. The fourth-order valence-electron chi connectivity index (χ4n) is 4.13. The van der Waals surface area contributed by atoms with Crippen LogP contribution in [0.25, 0.3) is 0 Å². The number of nitrogens with zero attached hydrogens (tertiary/aromatic N) is 1. The normalized spacial score (nSPS) is 25.9. The Bertz CT molecular complexity index is 564. The Kier molecular flexibility index (Phi) is 5.77. The molecule has 25 heavy (non-hydrogen) atoms. The van der Waals surface area contributed by atoms with Gasteiger partial charge in [0.25, 0.3) is 0 Å². The summed E-state index contributed by atoms with van der Waals surface area (Å²) in [6.07, 6.45) is 4.12. The van der Waals surface area contributed by atoms with Gasteiger partial charge in [0.1, 0.15) is 0 Å². The van der Waals surface area contributed by atoms with E-state index in [1.165, 1.54) is 5.56 Å². The molecule has 0 aliphatic carbocycles. The van der Waals surface area contributed by atoms with Crippen LogP contribution < -0.4 is 0 Å². The highest BCUT2D eigenvalue weighted by molar-refractivity contribution is 5.76. The van der Waals surface area contributed by atoms with E-state index in [0.29, 0.717) is 45.6 Å². The first-order chi connectivity index (χ1) is 12.0. The Hall–Kier alpha value is -1.43. The van der Waals surface area contributed by atoms with Crippen LogP contribution in [0.3, 0.4) is 0 Å². The highest BCUT2D eigenvalue weighted by Crippen LogP contribution is 2.39. The second-order valence-corrected chi connectivity index (χ2v) is 7.48. The molecule has 0 saturated carbocycles. The smallest absolute Gasteiger partial charge is 0.222 e. The number of amides is 1. The molecule has 3 rings (SSSR count). The first kappa shape index (κ1) is 18.4. The van der Waals surface area contributed by atoms with E-state index in [1.54, 1.807) is 7.11 Å². The van der Waals surface area contributed by atoms with E-state index >= 15 is 0 Å². The molecule has 1 aromatic carbocycles. The molecule has 2 heterocycles. The van der Waals surface area contributed by atoms with Crippen LogP contribution in [0.5, 0.6) is 0 Å². The minimum atomic E-state index is -0.799. The van der Waals surface area contributed by atoms with E-state index < -0.39 is 5.60 Å². The fraction of sp³-hybridized carbons (Fsp3) is 0.650. The number of rotatable bonds is 5. The van der Waals surface area contributed by atoms with Crippen LogP contribution >= 0.6 is 0 Å². The number of aryl methyl sites for hydroxylation is 1. The van der Waals surface area contributed by atoms with Gasteiger partial charge in [-0.15, -0.1) is 0 Å². The molecule has 2 fully saturated rings. The highest BCUT2D eigenvalue weighted by atomic mass is 16.5. The fourth-order valence-corrected chi connectivity index (χ4v) is 4.13. The summed E-state index contributed by atoms with van der Waals surface area (Å²) in [5.41, 5.74) is 0.0957. The molecule has 1 N–H and O–H groups in total. The largest absolute Gasteiger partial charge is 0.387 e. The van der Waals surface area contributed by atoms with Crippen molar-refractivity contribution < 1.29 is 19.4 Å². The Morgan fingerprint density at radius 1 is 1.24 bits per heavy atom. The van der Waals surface area contributed by atoms with Crippen LogP contribution in [0.4, 0.5) is 0 Å². The van der Waals surface area contributed by atoms with Crippen LogP contribution in [0.1, 0.15) is 37.7 Å². The minimum absolute atomic E-state index is 0.210. The van der Waals surface area contributed by atoms with Gasteiger partial charge in [-0.25, -0.2) is 0 Å². The van der Waals surface area contributed by atoms with Crippen molar-refractivity contribution in [2.24, 2.45) is 0 Å². The first-order valence-corrected chi connectivity index (χ1v) is 9.21. The van der Waals surface area contributed by atoms with Crippen LogP contribution in [0.2, 0.25) is 0 Å². The molecule has 138 valence electrons. The van der Waals surface area contributed by atoms with Gasteiger partial charge in [0, 0.05) is 39.5 Å². The summed E-state index contributed by atoms with van der Waals surface area (Å²) in [6.45, 7) is 2.31. The van der Waals surface area contributed by atoms with Crippen LogP contribution in [0, 0.1) is 0 Å². The van der Waals surface area contributed by atoms with Gasteiger partial charge in [0.2, 0.25) is 5.91 Å². The van der Waals surface area contributed by atoms with Gasteiger partial charge < -0.3 is 19.5 Å². The number of benzene rings is 1. The average molecular weight is 347 g/mol. The third kappa shape index (κ3) is 4.60. The summed E-state index contributed by atoms with van der Waals surface area (Å²) in [7, 11) is 1.62. The van der Waals surface area contributed by atoms with Gasteiger partial charge in [-0.3, -0.25) is 4.79 Å². The summed E-state index contributed by atoms with van der Waals surface area (Å²) in [5, 5.41) is 10.7. The molecule has 0 radical (unpaired) electrons. The lowest BCUT2D eigenvalue weighted by atomic mass is 9.77. The lowest BCUT2D eigenvalue weighted by molar-refractivity contribution is -0.192. The molecule has 1 aromatic rings. The van der Waals surface area contributed by atoms with Gasteiger partial charge >= 0.3 is 0 Å². The Balaban J connectivity index is 1.50. The number of likely N-dealkylation sites (tertiary alicyclic amines) is 1. The first-order valence-electron chi connectivity index (χ1n) is 9.21. The highest BCUT2D eigenvalue weighted by Gasteiger charge is 2.46. The van der Waals surface area contributed by atoms with Crippen molar-refractivity contribution in [3.63, 3.8) is 0 Å².